The van der Waals surface area contributed by atoms with Gasteiger partial charge in [-0.15, -0.1) is 0 Å². The standard InChI is InChI=1S/C13H19NO/c15-13(12-4-2-1-3-5-12)10-11-6-8-14-9-7-11/h1-5,11,13-15H,6-10H2. The third-order valence-electron chi connectivity index (χ3n) is 3.20. The zero-order chi connectivity index (χ0) is 10.5. The first-order valence-electron chi connectivity index (χ1n) is 5.80. The Hall–Kier alpha value is -0.860. The van der Waals surface area contributed by atoms with Gasteiger partial charge in [-0.3, -0.25) is 0 Å². The Morgan fingerprint density at radius 2 is 1.87 bits per heavy atom. The molecule has 1 heterocycles. The highest BCUT2D eigenvalue weighted by atomic mass is 16.3. The van der Waals surface area contributed by atoms with E-state index in [1.54, 1.807) is 0 Å². The molecule has 0 aromatic heterocycles. The molecule has 2 heteroatoms. The van der Waals surface area contributed by atoms with E-state index < -0.39 is 0 Å². The first-order chi connectivity index (χ1) is 7.36. The van der Waals surface area contributed by atoms with Crippen LogP contribution in [0.1, 0.15) is 30.9 Å². The molecule has 2 rings (SSSR count). The van der Waals surface area contributed by atoms with E-state index in [2.05, 4.69) is 5.32 Å². The molecule has 2 N–H and O–H groups in total. The van der Waals surface area contributed by atoms with Crippen molar-refractivity contribution in [3.8, 4) is 0 Å². The minimum absolute atomic E-state index is 0.283. The van der Waals surface area contributed by atoms with Gasteiger partial charge in [-0.05, 0) is 43.8 Å². The summed E-state index contributed by atoms with van der Waals surface area (Å²) in [6.07, 6.45) is 3.02. The molecule has 2 nitrogen and oxygen atoms in total. The summed E-state index contributed by atoms with van der Waals surface area (Å²) >= 11 is 0. The van der Waals surface area contributed by atoms with Crippen molar-refractivity contribution in [2.75, 3.05) is 13.1 Å². The van der Waals surface area contributed by atoms with Crippen LogP contribution in [0.3, 0.4) is 0 Å². The van der Waals surface area contributed by atoms with Crippen molar-refractivity contribution in [1.82, 2.24) is 5.32 Å². The molecule has 1 unspecified atom stereocenters. The van der Waals surface area contributed by atoms with Gasteiger partial charge in [0, 0.05) is 0 Å². The van der Waals surface area contributed by atoms with Gasteiger partial charge in [-0.25, -0.2) is 0 Å². The predicted octanol–water partition coefficient (Wildman–Crippen LogP) is 2.11. The third-order valence-corrected chi connectivity index (χ3v) is 3.20. The van der Waals surface area contributed by atoms with Crippen LogP contribution >= 0.6 is 0 Å². The molecule has 0 amide bonds. The van der Waals surface area contributed by atoms with Gasteiger partial charge in [-0.1, -0.05) is 30.3 Å². The Labute approximate surface area is 91.3 Å². The van der Waals surface area contributed by atoms with Crippen molar-refractivity contribution < 1.29 is 5.11 Å². The number of nitrogens with one attached hydrogen (secondary N) is 1. The monoisotopic (exact) mass is 205 g/mol. The van der Waals surface area contributed by atoms with Crippen LogP contribution in [0.4, 0.5) is 0 Å². The number of aliphatic hydroxyl groups excluding tert-OH is 1. The Balaban J connectivity index is 1.88. The summed E-state index contributed by atoms with van der Waals surface area (Å²) in [6.45, 7) is 2.21. The average Bonchev–Trinajstić information content (AvgIpc) is 2.31. The SMILES string of the molecule is OC(CC1CCNCC1)c1ccccc1. The maximum absolute atomic E-state index is 10.1. The molecule has 1 aromatic carbocycles. The molecular formula is C13H19NO. The topological polar surface area (TPSA) is 32.3 Å². The lowest BCUT2D eigenvalue weighted by Gasteiger charge is -2.24. The molecule has 1 saturated heterocycles. The molecule has 1 atom stereocenters. The summed E-state index contributed by atoms with van der Waals surface area (Å²) in [5.74, 6) is 0.682. The maximum atomic E-state index is 10.1. The minimum atomic E-state index is -0.283. The summed E-state index contributed by atoms with van der Waals surface area (Å²) in [5.41, 5.74) is 1.05. The first kappa shape index (κ1) is 10.7. The molecule has 1 fully saturated rings. The van der Waals surface area contributed by atoms with Crippen LogP contribution in [0.25, 0.3) is 0 Å². The van der Waals surface area contributed by atoms with E-state index >= 15 is 0 Å². The highest BCUT2D eigenvalue weighted by molar-refractivity contribution is 5.17. The van der Waals surface area contributed by atoms with Gasteiger partial charge in [0.05, 0.1) is 6.10 Å². The second-order valence-electron chi connectivity index (χ2n) is 4.36. The summed E-state index contributed by atoms with van der Waals surface area (Å²) < 4.78 is 0. The molecule has 0 spiro atoms. The van der Waals surface area contributed by atoms with Crippen LogP contribution in [0.15, 0.2) is 30.3 Å². The van der Waals surface area contributed by atoms with Gasteiger partial charge in [0.1, 0.15) is 0 Å². The van der Waals surface area contributed by atoms with Crippen LogP contribution in [0.5, 0.6) is 0 Å². The number of rotatable bonds is 3. The molecule has 0 aliphatic carbocycles. The molecule has 0 radical (unpaired) electrons. The molecule has 82 valence electrons. The maximum Gasteiger partial charge on any atom is 0.0792 e. The zero-order valence-electron chi connectivity index (χ0n) is 9.02. The van der Waals surface area contributed by atoms with Crippen LogP contribution in [-0.4, -0.2) is 18.2 Å². The van der Waals surface area contributed by atoms with Crippen molar-refractivity contribution in [1.29, 1.82) is 0 Å². The van der Waals surface area contributed by atoms with Crippen molar-refractivity contribution in [2.45, 2.75) is 25.4 Å². The smallest absolute Gasteiger partial charge is 0.0792 e. The van der Waals surface area contributed by atoms with E-state index in [9.17, 15) is 5.11 Å². The molecule has 0 saturated carbocycles. The number of benzene rings is 1. The fourth-order valence-corrected chi connectivity index (χ4v) is 2.24. The minimum Gasteiger partial charge on any atom is -0.388 e. The average molecular weight is 205 g/mol. The van der Waals surface area contributed by atoms with Gasteiger partial charge in [0.15, 0.2) is 0 Å². The van der Waals surface area contributed by atoms with Gasteiger partial charge in [0.25, 0.3) is 0 Å². The summed E-state index contributed by atoms with van der Waals surface area (Å²) in [4.78, 5) is 0. The number of aliphatic hydroxyl groups is 1. The quantitative estimate of drug-likeness (QED) is 0.792. The van der Waals surface area contributed by atoms with E-state index in [0.29, 0.717) is 5.92 Å². The molecule has 1 aliphatic rings. The van der Waals surface area contributed by atoms with Crippen molar-refractivity contribution in [2.24, 2.45) is 5.92 Å². The number of hydrogen-bond acceptors (Lipinski definition) is 2. The van der Waals surface area contributed by atoms with E-state index in [0.717, 1.165) is 25.1 Å². The van der Waals surface area contributed by atoms with E-state index in [1.807, 2.05) is 30.3 Å². The highest BCUT2D eigenvalue weighted by Gasteiger charge is 2.17. The van der Waals surface area contributed by atoms with E-state index in [4.69, 9.17) is 0 Å². The Morgan fingerprint density at radius 1 is 1.20 bits per heavy atom. The molecule has 0 bridgehead atoms. The highest BCUT2D eigenvalue weighted by Crippen LogP contribution is 2.25. The Bertz CT molecular complexity index is 280. The fraction of sp³-hybridized carbons (Fsp3) is 0.538. The fourth-order valence-electron chi connectivity index (χ4n) is 2.24. The predicted molar refractivity (Wildman–Crippen MR) is 61.6 cm³/mol. The summed E-state index contributed by atoms with van der Waals surface area (Å²) in [6, 6.07) is 9.97. The largest absolute Gasteiger partial charge is 0.388 e. The third kappa shape index (κ3) is 3.05. The van der Waals surface area contributed by atoms with Crippen molar-refractivity contribution in [3.63, 3.8) is 0 Å². The molecule has 1 aliphatic heterocycles. The summed E-state index contributed by atoms with van der Waals surface area (Å²) in [7, 11) is 0. The molecular weight excluding hydrogens is 186 g/mol. The van der Waals surface area contributed by atoms with Gasteiger partial charge >= 0.3 is 0 Å². The Kier molecular flexibility index (Phi) is 3.75. The second-order valence-corrected chi connectivity index (χ2v) is 4.36. The van der Waals surface area contributed by atoms with Gasteiger partial charge < -0.3 is 10.4 Å². The lowest BCUT2D eigenvalue weighted by atomic mass is 9.90. The zero-order valence-corrected chi connectivity index (χ0v) is 9.02. The van der Waals surface area contributed by atoms with Crippen LogP contribution in [0, 0.1) is 5.92 Å². The first-order valence-corrected chi connectivity index (χ1v) is 5.80. The normalized spacial score (nSPS) is 20.1. The van der Waals surface area contributed by atoms with Crippen LogP contribution < -0.4 is 5.32 Å². The van der Waals surface area contributed by atoms with E-state index in [-0.39, 0.29) is 6.10 Å². The summed E-state index contributed by atoms with van der Waals surface area (Å²) in [5, 5.41) is 13.4. The molecule has 15 heavy (non-hydrogen) atoms. The number of piperidine rings is 1. The lowest BCUT2D eigenvalue weighted by Crippen LogP contribution is -2.28. The Morgan fingerprint density at radius 3 is 2.53 bits per heavy atom. The lowest BCUT2D eigenvalue weighted by molar-refractivity contribution is 0.133. The molecule has 1 aromatic rings. The van der Waals surface area contributed by atoms with E-state index in [1.165, 1.54) is 12.8 Å². The van der Waals surface area contributed by atoms with Gasteiger partial charge in [0.2, 0.25) is 0 Å². The van der Waals surface area contributed by atoms with Crippen LogP contribution in [0.2, 0.25) is 0 Å². The van der Waals surface area contributed by atoms with Crippen molar-refractivity contribution >= 4 is 0 Å². The van der Waals surface area contributed by atoms with Crippen LogP contribution in [-0.2, 0) is 0 Å². The van der Waals surface area contributed by atoms with Crippen molar-refractivity contribution in [3.05, 3.63) is 35.9 Å². The van der Waals surface area contributed by atoms with Gasteiger partial charge in [-0.2, -0.15) is 0 Å². The second kappa shape index (κ2) is 5.29. The number of hydrogen-bond donors (Lipinski definition) is 2.